The number of carbonyl (C=O) groups excluding carboxylic acids is 1. The maximum absolute atomic E-state index is 13.0. The molecule has 3 aromatic heterocycles. The number of hydrogen-bond acceptors (Lipinski definition) is 7. The predicted molar refractivity (Wildman–Crippen MR) is 120 cm³/mol. The molecule has 4 aromatic rings. The van der Waals surface area contributed by atoms with Crippen molar-refractivity contribution in [2.24, 2.45) is 0 Å². The number of halogens is 1. The molecule has 10 heteroatoms. The number of carbonyl (C=O) groups is 1. The Morgan fingerprint density at radius 1 is 1.32 bits per heavy atom. The summed E-state index contributed by atoms with van der Waals surface area (Å²) < 4.78 is 6.77. The Morgan fingerprint density at radius 3 is 2.77 bits per heavy atom. The molecule has 0 saturated carbocycles. The number of fused-ring (bicyclic) bond motifs is 1. The lowest BCUT2D eigenvalue weighted by Gasteiger charge is -2.12. The third-order valence-corrected chi connectivity index (χ3v) is 6.41. The first kappa shape index (κ1) is 21.2. The highest BCUT2D eigenvalue weighted by Crippen LogP contribution is 2.35. The van der Waals surface area contributed by atoms with Gasteiger partial charge in [-0.25, -0.2) is 4.98 Å². The topological polar surface area (TPSA) is 103 Å². The Hall–Kier alpha value is -3.04. The molecule has 4 rings (SSSR count). The number of hydrogen-bond donors (Lipinski definition) is 1. The van der Waals surface area contributed by atoms with Gasteiger partial charge in [0, 0.05) is 16.6 Å². The van der Waals surface area contributed by atoms with Crippen LogP contribution in [-0.4, -0.2) is 31.6 Å². The van der Waals surface area contributed by atoms with E-state index in [1.165, 1.54) is 22.2 Å². The number of thiophene rings is 1. The molecule has 1 N–H and O–H groups in total. The minimum Gasteiger partial charge on any atom is -0.352 e. The van der Waals surface area contributed by atoms with E-state index >= 15 is 0 Å². The minimum absolute atomic E-state index is 0.0433. The highest BCUT2D eigenvalue weighted by atomic mass is 35.5. The third kappa shape index (κ3) is 4.24. The van der Waals surface area contributed by atoms with E-state index in [1.807, 2.05) is 20.8 Å². The fraction of sp³-hybridized carbons (Fsp3) is 0.286. The van der Waals surface area contributed by atoms with Crippen molar-refractivity contribution in [2.75, 3.05) is 0 Å². The van der Waals surface area contributed by atoms with Gasteiger partial charge in [-0.05, 0) is 50.1 Å². The fourth-order valence-electron chi connectivity index (χ4n) is 3.08. The van der Waals surface area contributed by atoms with Crippen LogP contribution in [0.25, 0.3) is 32.4 Å². The smallest absolute Gasteiger partial charge is 0.268 e. The SMILES string of the molecule is CC[C@H](C)NC(=O)Cn1cnc2sc(-c3nc(-c4ccc(Cl)cc4)no3)c(C)c2c1=O. The third-order valence-electron chi connectivity index (χ3n) is 4.97. The van der Waals surface area contributed by atoms with Gasteiger partial charge in [0.1, 0.15) is 11.4 Å². The van der Waals surface area contributed by atoms with Gasteiger partial charge in [0.2, 0.25) is 11.7 Å². The summed E-state index contributed by atoms with van der Waals surface area (Å²) >= 11 is 7.23. The van der Waals surface area contributed by atoms with E-state index in [0.717, 1.165) is 12.0 Å². The molecule has 0 aliphatic carbocycles. The van der Waals surface area contributed by atoms with E-state index in [0.29, 0.717) is 37.4 Å². The van der Waals surface area contributed by atoms with Crippen molar-refractivity contribution in [3.8, 4) is 22.2 Å². The molecule has 160 valence electrons. The zero-order chi connectivity index (χ0) is 22.1. The fourth-order valence-corrected chi connectivity index (χ4v) is 4.27. The second kappa shape index (κ2) is 8.60. The molecular weight excluding hydrogens is 438 g/mol. The van der Waals surface area contributed by atoms with E-state index in [2.05, 4.69) is 20.4 Å². The van der Waals surface area contributed by atoms with E-state index in [4.69, 9.17) is 16.1 Å². The van der Waals surface area contributed by atoms with Crippen LogP contribution in [0.15, 0.2) is 39.9 Å². The van der Waals surface area contributed by atoms with E-state index in [1.54, 1.807) is 24.3 Å². The lowest BCUT2D eigenvalue weighted by atomic mass is 10.2. The second-order valence-corrected chi connectivity index (χ2v) is 8.66. The summed E-state index contributed by atoms with van der Waals surface area (Å²) in [7, 11) is 0. The molecule has 1 aromatic carbocycles. The summed E-state index contributed by atoms with van der Waals surface area (Å²) in [4.78, 5) is 35.3. The van der Waals surface area contributed by atoms with Crippen molar-refractivity contribution in [3.05, 3.63) is 51.5 Å². The first-order chi connectivity index (χ1) is 14.9. The van der Waals surface area contributed by atoms with Crippen LogP contribution < -0.4 is 10.9 Å². The van der Waals surface area contributed by atoms with Crippen LogP contribution in [0, 0.1) is 6.92 Å². The maximum atomic E-state index is 13.0. The molecule has 0 unspecified atom stereocenters. The highest BCUT2D eigenvalue weighted by molar-refractivity contribution is 7.22. The molecule has 0 fully saturated rings. The summed E-state index contributed by atoms with van der Waals surface area (Å²) in [5.74, 6) is 0.511. The highest BCUT2D eigenvalue weighted by Gasteiger charge is 2.21. The number of nitrogens with one attached hydrogen (secondary N) is 1. The first-order valence-corrected chi connectivity index (χ1v) is 10.9. The van der Waals surface area contributed by atoms with Gasteiger partial charge < -0.3 is 9.84 Å². The van der Waals surface area contributed by atoms with Gasteiger partial charge in [0.25, 0.3) is 11.4 Å². The van der Waals surface area contributed by atoms with Crippen molar-refractivity contribution < 1.29 is 9.32 Å². The molecule has 1 atom stereocenters. The van der Waals surface area contributed by atoms with E-state index in [9.17, 15) is 9.59 Å². The van der Waals surface area contributed by atoms with Gasteiger partial charge in [-0.3, -0.25) is 14.2 Å². The molecule has 1 amide bonds. The largest absolute Gasteiger partial charge is 0.352 e. The Kier molecular flexibility index (Phi) is 5.88. The lowest BCUT2D eigenvalue weighted by molar-refractivity contribution is -0.122. The van der Waals surface area contributed by atoms with Crippen molar-refractivity contribution >= 4 is 39.1 Å². The molecule has 0 radical (unpaired) electrons. The normalized spacial score (nSPS) is 12.3. The lowest BCUT2D eigenvalue weighted by Crippen LogP contribution is -2.37. The van der Waals surface area contributed by atoms with E-state index < -0.39 is 0 Å². The summed E-state index contributed by atoms with van der Waals surface area (Å²) in [6.07, 6.45) is 2.21. The van der Waals surface area contributed by atoms with Crippen LogP contribution in [-0.2, 0) is 11.3 Å². The van der Waals surface area contributed by atoms with Crippen molar-refractivity contribution in [1.82, 2.24) is 25.0 Å². The quantitative estimate of drug-likeness (QED) is 0.468. The van der Waals surface area contributed by atoms with Gasteiger partial charge >= 0.3 is 0 Å². The molecule has 0 bridgehead atoms. The zero-order valence-electron chi connectivity index (χ0n) is 17.2. The average Bonchev–Trinajstić information content (AvgIpc) is 3.35. The van der Waals surface area contributed by atoms with Crippen molar-refractivity contribution in [1.29, 1.82) is 0 Å². The summed E-state index contributed by atoms with van der Waals surface area (Å²) in [6, 6.07) is 7.16. The Balaban J connectivity index is 1.67. The number of amides is 1. The monoisotopic (exact) mass is 457 g/mol. The Bertz CT molecular complexity index is 1310. The number of aromatic nitrogens is 4. The van der Waals surface area contributed by atoms with Crippen LogP contribution in [0.2, 0.25) is 5.02 Å². The number of benzene rings is 1. The van der Waals surface area contributed by atoms with Gasteiger partial charge in [-0.15, -0.1) is 11.3 Å². The van der Waals surface area contributed by atoms with Crippen LogP contribution in [0.4, 0.5) is 0 Å². The van der Waals surface area contributed by atoms with Gasteiger partial charge in [-0.1, -0.05) is 23.7 Å². The molecule has 31 heavy (non-hydrogen) atoms. The van der Waals surface area contributed by atoms with Crippen molar-refractivity contribution in [2.45, 2.75) is 39.8 Å². The van der Waals surface area contributed by atoms with Crippen LogP contribution >= 0.6 is 22.9 Å². The number of nitrogens with zero attached hydrogens (tertiary/aromatic N) is 4. The first-order valence-electron chi connectivity index (χ1n) is 9.75. The Morgan fingerprint density at radius 2 is 2.06 bits per heavy atom. The maximum Gasteiger partial charge on any atom is 0.268 e. The molecule has 8 nitrogen and oxygen atoms in total. The van der Waals surface area contributed by atoms with Gasteiger partial charge in [0.15, 0.2) is 0 Å². The van der Waals surface area contributed by atoms with Crippen LogP contribution in [0.1, 0.15) is 25.8 Å². The Labute approximate surface area is 186 Å². The van der Waals surface area contributed by atoms with Crippen LogP contribution in [0.3, 0.4) is 0 Å². The van der Waals surface area contributed by atoms with Gasteiger partial charge in [0.05, 0.1) is 16.6 Å². The van der Waals surface area contributed by atoms with Gasteiger partial charge in [-0.2, -0.15) is 4.98 Å². The molecule has 3 heterocycles. The second-order valence-electron chi connectivity index (χ2n) is 7.22. The molecule has 0 aliphatic rings. The zero-order valence-corrected chi connectivity index (χ0v) is 18.8. The number of aryl methyl sites for hydroxylation is 1. The summed E-state index contributed by atoms with van der Waals surface area (Å²) in [5, 5.41) is 7.96. The molecule has 0 aliphatic heterocycles. The summed E-state index contributed by atoms with van der Waals surface area (Å²) in [6.45, 7) is 5.63. The van der Waals surface area contributed by atoms with Crippen LogP contribution in [0.5, 0.6) is 0 Å². The van der Waals surface area contributed by atoms with Crippen molar-refractivity contribution in [3.63, 3.8) is 0 Å². The molecule has 0 saturated heterocycles. The number of rotatable bonds is 6. The summed E-state index contributed by atoms with van der Waals surface area (Å²) in [5.41, 5.74) is 1.19. The predicted octanol–water partition coefficient (Wildman–Crippen LogP) is 4.05. The standard InChI is InChI=1S/C21H20ClN5O3S/c1-4-11(2)24-15(28)9-27-10-23-20-16(21(27)29)12(3)17(31-20)19-25-18(26-30-19)13-5-7-14(22)8-6-13/h5-8,10-11H,4,9H2,1-3H3,(H,24,28)/t11-/m0/s1. The molecule has 0 spiro atoms. The minimum atomic E-state index is -0.276. The molecular formula is C21H20ClN5O3S. The average molecular weight is 458 g/mol. The van der Waals surface area contributed by atoms with E-state index in [-0.39, 0.29) is 24.1 Å².